The van der Waals surface area contributed by atoms with Crippen LogP contribution in [-0.2, 0) is 19.1 Å². The van der Waals surface area contributed by atoms with Crippen LogP contribution in [0.1, 0.15) is 59.3 Å². The van der Waals surface area contributed by atoms with Gasteiger partial charge >= 0.3 is 12.1 Å². The van der Waals surface area contributed by atoms with Crippen LogP contribution < -0.4 is 10.6 Å². The van der Waals surface area contributed by atoms with Crippen molar-refractivity contribution >= 4 is 18.0 Å². The third kappa shape index (κ3) is 7.06. The van der Waals surface area contributed by atoms with E-state index in [-0.39, 0.29) is 17.9 Å². The van der Waals surface area contributed by atoms with Crippen molar-refractivity contribution in [2.45, 2.75) is 77.0 Å². The molecule has 1 aliphatic carbocycles. The number of alkyl carbamates (subject to hydrolysis) is 1. The maximum absolute atomic E-state index is 12.1. The second-order valence-corrected chi connectivity index (χ2v) is 7.90. The lowest BCUT2D eigenvalue weighted by molar-refractivity contribution is -0.142. The van der Waals surface area contributed by atoms with E-state index in [0.717, 1.165) is 31.0 Å². The van der Waals surface area contributed by atoms with Crippen LogP contribution in [0.5, 0.6) is 0 Å². The van der Waals surface area contributed by atoms with Gasteiger partial charge < -0.3 is 20.1 Å². The number of rotatable bonds is 6. The van der Waals surface area contributed by atoms with Gasteiger partial charge in [0.25, 0.3) is 0 Å². The quantitative estimate of drug-likeness (QED) is 0.555. The first-order chi connectivity index (χ1) is 12.6. The molecular weight excluding hydrogens is 336 g/mol. The van der Waals surface area contributed by atoms with Crippen LogP contribution in [0.3, 0.4) is 0 Å². The molecule has 1 saturated carbocycles. The highest BCUT2D eigenvalue weighted by Crippen LogP contribution is 2.21. The van der Waals surface area contributed by atoms with E-state index in [1.165, 1.54) is 6.08 Å². The van der Waals surface area contributed by atoms with Crippen LogP contribution in [-0.4, -0.2) is 42.3 Å². The van der Waals surface area contributed by atoms with Gasteiger partial charge in [0.05, 0.1) is 6.04 Å². The molecule has 1 aliphatic heterocycles. The van der Waals surface area contributed by atoms with Crippen LogP contribution in [0.15, 0.2) is 12.2 Å². The van der Waals surface area contributed by atoms with Gasteiger partial charge in [-0.15, -0.1) is 0 Å². The molecule has 7 nitrogen and oxygen atoms in total. The molecule has 1 heterocycles. The monoisotopic (exact) mass is 367 g/mol. The van der Waals surface area contributed by atoms with E-state index in [0.29, 0.717) is 19.4 Å². The topological polar surface area (TPSA) is 93.7 Å². The van der Waals surface area contributed by atoms with Crippen molar-refractivity contribution in [2.24, 2.45) is 5.92 Å². The zero-order valence-electron chi connectivity index (χ0n) is 16.8. The first-order valence-corrected chi connectivity index (χ1v) is 9.32. The van der Waals surface area contributed by atoms with Crippen LogP contribution >= 0.6 is 0 Å². The third-order valence-electron chi connectivity index (χ3n) is 4.38. The minimum absolute atomic E-state index is 0.0345. The Hall–Kier alpha value is -2.05. The van der Waals surface area contributed by atoms with Gasteiger partial charge in [0.1, 0.15) is 11.7 Å². The number of esters is 1. The zero-order chi connectivity index (χ0) is 20.0. The van der Waals surface area contributed by atoms with E-state index in [2.05, 4.69) is 5.32 Å². The molecule has 2 atom stereocenters. The number of amides is 2. The van der Waals surface area contributed by atoms with Crippen LogP contribution in [0.25, 0.3) is 0 Å². The fraction of sp³-hybridized carbons (Fsp3) is 0.737. The Bertz CT molecular complexity index is 581. The van der Waals surface area contributed by atoms with Gasteiger partial charge in [-0.1, -0.05) is 6.08 Å². The molecule has 2 aliphatic rings. The second-order valence-electron chi connectivity index (χ2n) is 7.90. The maximum atomic E-state index is 12.1. The van der Waals surface area contributed by atoms with Gasteiger partial charge in [-0.3, -0.25) is 4.79 Å². The summed E-state index contributed by atoms with van der Waals surface area (Å²) in [5, 5.41) is 3.63. The predicted molar refractivity (Wildman–Crippen MR) is 96.4 cm³/mol. The number of carbonyl (C=O) groups is 3. The number of carbonyl (C=O) groups excluding carboxylic acids is 3. The minimum atomic E-state index is -0.652. The summed E-state index contributed by atoms with van der Waals surface area (Å²) in [7, 11) is 0. The fourth-order valence-electron chi connectivity index (χ4n) is 3.16. The summed E-state index contributed by atoms with van der Waals surface area (Å²) >= 11 is 0. The van der Waals surface area contributed by atoms with E-state index in [4.69, 9.17) is 10.9 Å². The highest BCUT2D eigenvalue weighted by molar-refractivity contribution is 5.83. The fourth-order valence-corrected chi connectivity index (χ4v) is 3.16. The van der Waals surface area contributed by atoms with Crippen molar-refractivity contribution in [3.05, 3.63) is 12.2 Å². The number of hydrogen-bond acceptors (Lipinski definition) is 5. The molecule has 0 aromatic carbocycles. The molecule has 26 heavy (non-hydrogen) atoms. The Morgan fingerprint density at radius 2 is 2.04 bits per heavy atom. The lowest BCUT2D eigenvalue weighted by Gasteiger charge is -2.23. The van der Waals surface area contributed by atoms with Crippen molar-refractivity contribution in [1.82, 2.24) is 10.6 Å². The molecule has 0 unspecified atom stereocenters. The highest BCUT2D eigenvalue weighted by atomic mass is 16.6. The normalized spacial score (nSPS) is 23.2. The standard InChI is InChI=1S/C19H30N2O5/c1-19(2,3)26-18(24)21-14(12-13-10-11-20-17(13)23)8-9-16(22)25-15-6-4-5-7-15/h8-9,13-15H,4-7,10-12H2,1-3H3,(H,20,23)(H,21,24)/b9-8+/t13-,14+/m0/s1/i/hD. The summed E-state index contributed by atoms with van der Waals surface area (Å²) in [6.07, 6.45) is 6.96. The molecule has 2 amide bonds. The third-order valence-corrected chi connectivity index (χ3v) is 4.38. The predicted octanol–water partition coefficient (Wildman–Crippen LogP) is 2.45. The first kappa shape index (κ1) is 18.7. The summed E-state index contributed by atoms with van der Waals surface area (Å²) in [6, 6.07) is -0.559. The van der Waals surface area contributed by atoms with Crippen molar-refractivity contribution in [2.75, 3.05) is 6.54 Å². The molecule has 2 fully saturated rings. The smallest absolute Gasteiger partial charge is 0.408 e. The summed E-state index contributed by atoms with van der Waals surface area (Å²) < 4.78 is 18.2. The van der Waals surface area contributed by atoms with Crippen LogP contribution in [0, 0.1) is 5.92 Å². The summed E-state index contributed by atoms with van der Waals surface area (Å²) in [5.74, 6) is -1.08. The second kappa shape index (κ2) is 9.05. The Morgan fingerprint density at radius 3 is 2.62 bits per heavy atom. The Balaban J connectivity index is 1.97. The number of ether oxygens (including phenoxy) is 2. The van der Waals surface area contributed by atoms with Gasteiger partial charge in [-0.25, -0.2) is 9.59 Å². The van der Waals surface area contributed by atoms with Gasteiger partial charge in [0.15, 0.2) is 1.41 Å². The molecule has 1 saturated heterocycles. The van der Waals surface area contributed by atoms with Gasteiger partial charge in [0.2, 0.25) is 5.91 Å². The molecule has 7 heteroatoms. The van der Waals surface area contributed by atoms with Crippen molar-refractivity contribution in [3.8, 4) is 0 Å². The summed E-state index contributed by atoms with van der Waals surface area (Å²) in [5.41, 5.74) is -0.652. The molecule has 2 rings (SSSR count). The van der Waals surface area contributed by atoms with E-state index >= 15 is 0 Å². The van der Waals surface area contributed by atoms with Crippen LogP contribution in [0.2, 0.25) is 1.41 Å². The lowest BCUT2D eigenvalue weighted by Crippen LogP contribution is -2.40. The molecule has 2 N–H and O–H groups in total. The average Bonchev–Trinajstić information content (AvgIpc) is 3.16. The minimum Gasteiger partial charge on any atom is -0.459 e. The largest absolute Gasteiger partial charge is 0.459 e. The summed E-state index contributed by atoms with van der Waals surface area (Å²) in [4.78, 5) is 36.1. The maximum Gasteiger partial charge on any atom is 0.408 e. The van der Waals surface area contributed by atoms with Gasteiger partial charge in [0, 0.05) is 18.5 Å². The molecule has 0 spiro atoms. The molecule has 0 aromatic heterocycles. The van der Waals surface area contributed by atoms with Gasteiger partial charge in [-0.2, -0.15) is 0 Å². The van der Waals surface area contributed by atoms with E-state index in [1.54, 1.807) is 26.8 Å². The van der Waals surface area contributed by atoms with E-state index in [1.807, 2.05) is 0 Å². The summed E-state index contributed by atoms with van der Waals surface area (Å²) in [6.45, 7) is 5.65. The Labute approximate surface area is 156 Å². The first-order valence-electron chi connectivity index (χ1n) is 9.77. The molecule has 0 radical (unpaired) electrons. The molecular formula is C19H30N2O5. The average molecular weight is 367 g/mol. The molecule has 0 aromatic rings. The SMILES string of the molecule is [2H]N1CC[C@@H](C[C@@H](/C=C/C(=O)OC2CCCC2)NC(=O)OC(C)(C)C)C1=O. The van der Waals surface area contributed by atoms with Gasteiger partial charge in [-0.05, 0) is 59.3 Å². The van der Waals surface area contributed by atoms with E-state index in [9.17, 15) is 14.4 Å². The Kier molecular flexibility index (Phi) is 6.52. The highest BCUT2D eigenvalue weighted by Gasteiger charge is 2.28. The molecule has 0 bridgehead atoms. The van der Waals surface area contributed by atoms with E-state index < -0.39 is 23.7 Å². The van der Waals surface area contributed by atoms with Crippen molar-refractivity contribution in [1.29, 1.82) is 0 Å². The number of nitrogens with one attached hydrogen (secondary N) is 2. The zero-order valence-corrected chi connectivity index (χ0v) is 15.8. The lowest BCUT2D eigenvalue weighted by atomic mass is 9.98. The molecule has 146 valence electrons. The van der Waals surface area contributed by atoms with Crippen molar-refractivity contribution in [3.63, 3.8) is 0 Å². The Morgan fingerprint density at radius 1 is 1.35 bits per heavy atom. The van der Waals surface area contributed by atoms with Crippen molar-refractivity contribution < 1.29 is 25.3 Å². The number of hydrogen-bond donors (Lipinski definition) is 2. The van der Waals surface area contributed by atoms with Crippen LogP contribution in [0.4, 0.5) is 4.79 Å².